The molecule has 1 unspecified atom stereocenters. The van der Waals surface area contributed by atoms with Gasteiger partial charge in [0.2, 0.25) is 5.88 Å². The second kappa shape index (κ2) is 4.22. The number of hydrogen-bond acceptors (Lipinski definition) is 4. The number of hydrogen-bond donors (Lipinski definition) is 1. The van der Waals surface area contributed by atoms with E-state index in [-0.39, 0.29) is 6.10 Å². The number of pyridine rings is 1. The van der Waals surface area contributed by atoms with E-state index in [9.17, 15) is 0 Å². The van der Waals surface area contributed by atoms with Crippen LogP contribution in [0.25, 0.3) is 10.9 Å². The van der Waals surface area contributed by atoms with Gasteiger partial charge in [0.05, 0.1) is 18.7 Å². The Bertz CT molecular complexity index is 536. The van der Waals surface area contributed by atoms with Crippen LogP contribution in [0.5, 0.6) is 5.88 Å². The first-order valence-electron chi connectivity index (χ1n) is 5.72. The summed E-state index contributed by atoms with van der Waals surface area (Å²) in [6.07, 6.45) is 1.07. The number of anilines is 1. The number of nitrogen functional groups attached to an aromatic ring is 1. The third-order valence-corrected chi connectivity index (χ3v) is 2.86. The maximum atomic E-state index is 5.75. The highest BCUT2D eigenvalue weighted by Crippen LogP contribution is 2.21. The molecule has 2 N–H and O–H groups in total. The van der Waals surface area contributed by atoms with Crippen molar-refractivity contribution in [2.24, 2.45) is 0 Å². The van der Waals surface area contributed by atoms with E-state index in [0.717, 1.165) is 29.6 Å². The molecule has 4 nitrogen and oxygen atoms in total. The first kappa shape index (κ1) is 10.4. The predicted octanol–water partition coefficient (Wildman–Crippen LogP) is 1.98. The molecule has 1 atom stereocenters. The van der Waals surface area contributed by atoms with Gasteiger partial charge in [-0.1, -0.05) is 0 Å². The highest BCUT2D eigenvalue weighted by molar-refractivity contribution is 5.82. The van der Waals surface area contributed by atoms with Crippen LogP contribution in [0, 0.1) is 0 Å². The van der Waals surface area contributed by atoms with Gasteiger partial charge in [0.15, 0.2) is 0 Å². The number of ether oxygens (including phenoxy) is 2. The van der Waals surface area contributed by atoms with Gasteiger partial charge in [0.1, 0.15) is 6.10 Å². The Hall–Kier alpha value is -1.81. The number of benzene rings is 1. The van der Waals surface area contributed by atoms with Crippen molar-refractivity contribution >= 4 is 16.6 Å². The number of fused-ring (bicyclic) bond motifs is 1. The minimum Gasteiger partial charge on any atom is -0.472 e. The van der Waals surface area contributed by atoms with E-state index >= 15 is 0 Å². The normalized spacial score (nSPS) is 19.6. The van der Waals surface area contributed by atoms with Crippen LogP contribution in [-0.4, -0.2) is 24.3 Å². The van der Waals surface area contributed by atoms with E-state index in [0.29, 0.717) is 12.5 Å². The SMILES string of the molecule is Nc1ccc2nc(OC3CCOC3)ccc2c1. The molecule has 1 aromatic heterocycles. The zero-order valence-corrected chi connectivity index (χ0v) is 9.43. The maximum absolute atomic E-state index is 5.75. The van der Waals surface area contributed by atoms with Gasteiger partial charge in [-0.3, -0.25) is 0 Å². The van der Waals surface area contributed by atoms with Crippen LogP contribution in [0.2, 0.25) is 0 Å². The molecule has 1 aromatic carbocycles. The highest BCUT2D eigenvalue weighted by atomic mass is 16.5. The van der Waals surface area contributed by atoms with Crippen LogP contribution in [-0.2, 0) is 4.74 Å². The summed E-state index contributed by atoms with van der Waals surface area (Å²) in [7, 11) is 0. The molecule has 88 valence electrons. The van der Waals surface area contributed by atoms with Crippen LogP contribution < -0.4 is 10.5 Å². The van der Waals surface area contributed by atoms with Gasteiger partial charge >= 0.3 is 0 Å². The van der Waals surface area contributed by atoms with E-state index in [1.54, 1.807) is 0 Å². The second-order valence-electron chi connectivity index (χ2n) is 4.21. The van der Waals surface area contributed by atoms with Crippen LogP contribution in [0.15, 0.2) is 30.3 Å². The maximum Gasteiger partial charge on any atom is 0.214 e. The average Bonchev–Trinajstić information content (AvgIpc) is 2.82. The summed E-state index contributed by atoms with van der Waals surface area (Å²) >= 11 is 0. The van der Waals surface area contributed by atoms with Crippen LogP contribution in [0.4, 0.5) is 5.69 Å². The summed E-state index contributed by atoms with van der Waals surface area (Å²) in [5, 5.41) is 1.03. The van der Waals surface area contributed by atoms with Gasteiger partial charge in [-0.15, -0.1) is 0 Å². The third kappa shape index (κ3) is 2.17. The fourth-order valence-electron chi connectivity index (χ4n) is 1.97. The summed E-state index contributed by atoms with van der Waals surface area (Å²) < 4.78 is 11.0. The number of aromatic nitrogens is 1. The van der Waals surface area contributed by atoms with E-state index in [1.165, 1.54) is 0 Å². The van der Waals surface area contributed by atoms with Crippen molar-refractivity contribution in [3.63, 3.8) is 0 Å². The fourth-order valence-corrected chi connectivity index (χ4v) is 1.97. The largest absolute Gasteiger partial charge is 0.472 e. The summed E-state index contributed by atoms with van der Waals surface area (Å²) in [6, 6.07) is 9.51. The van der Waals surface area contributed by atoms with Crippen LogP contribution in [0.1, 0.15) is 6.42 Å². The lowest BCUT2D eigenvalue weighted by atomic mass is 10.2. The molecule has 2 heterocycles. The molecule has 4 heteroatoms. The Kier molecular flexibility index (Phi) is 2.57. The van der Waals surface area contributed by atoms with E-state index in [4.69, 9.17) is 15.2 Å². The molecule has 0 bridgehead atoms. The van der Waals surface area contributed by atoms with Crippen LogP contribution >= 0.6 is 0 Å². The minimum atomic E-state index is 0.133. The van der Waals surface area contributed by atoms with Crippen molar-refractivity contribution in [3.05, 3.63) is 30.3 Å². The first-order chi connectivity index (χ1) is 8.31. The lowest BCUT2D eigenvalue weighted by Gasteiger charge is -2.11. The zero-order valence-electron chi connectivity index (χ0n) is 9.43. The number of nitrogens with two attached hydrogens (primary N) is 1. The van der Waals surface area contributed by atoms with Gasteiger partial charge in [-0.05, 0) is 24.3 Å². The van der Waals surface area contributed by atoms with E-state index < -0.39 is 0 Å². The molecule has 2 aromatic rings. The summed E-state index contributed by atoms with van der Waals surface area (Å²) in [5.74, 6) is 0.651. The zero-order chi connectivity index (χ0) is 11.7. The molecule has 17 heavy (non-hydrogen) atoms. The quantitative estimate of drug-likeness (QED) is 0.801. The number of rotatable bonds is 2. The smallest absolute Gasteiger partial charge is 0.214 e. The molecule has 1 saturated heterocycles. The molecule has 1 aliphatic rings. The van der Waals surface area contributed by atoms with Crippen molar-refractivity contribution < 1.29 is 9.47 Å². The molecule has 0 amide bonds. The molecular weight excluding hydrogens is 216 g/mol. The second-order valence-corrected chi connectivity index (χ2v) is 4.21. The predicted molar refractivity (Wildman–Crippen MR) is 66.0 cm³/mol. The molecule has 1 fully saturated rings. The lowest BCUT2D eigenvalue weighted by Crippen LogP contribution is -2.16. The molecule has 0 aliphatic carbocycles. The number of nitrogens with zero attached hydrogens (tertiary/aromatic N) is 1. The molecule has 1 aliphatic heterocycles. The van der Waals surface area contributed by atoms with E-state index in [2.05, 4.69) is 4.98 Å². The molecular formula is C13H14N2O2. The van der Waals surface area contributed by atoms with Gasteiger partial charge in [0.25, 0.3) is 0 Å². The summed E-state index contributed by atoms with van der Waals surface area (Å²) in [5.41, 5.74) is 7.36. The van der Waals surface area contributed by atoms with Crippen LogP contribution in [0.3, 0.4) is 0 Å². The van der Waals surface area contributed by atoms with Gasteiger partial charge < -0.3 is 15.2 Å². The van der Waals surface area contributed by atoms with Gasteiger partial charge in [-0.25, -0.2) is 4.98 Å². The minimum absolute atomic E-state index is 0.133. The molecule has 0 saturated carbocycles. The Morgan fingerprint density at radius 2 is 2.24 bits per heavy atom. The van der Waals surface area contributed by atoms with Crippen molar-refractivity contribution in [1.29, 1.82) is 0 Å². The van der Waals surface area contributed by atoms with Gasteiger partial charge in [-0.2, -0.15) is 0 Å². The average molecular weight is 230 g/mol. The Labute approximate surface area is 99.4 Å². The highest BCUT2D eigenvalue weighted by Gasteiger charge is 2.17. The Morgan fingerprint density at radius 3 is 3.06 bits per heavy atom. The lowest BCUT2D eigenvalue weighted by molar-refractivity contribution is 0.138. The Morgan fingerprint density at radius 1 is 1.29 bits per heavy atom. The van der Waals surface area contributed by atoms with Crippen molar-refractivity contribution in [2.45, 2.75) is 12.5 Å². The third-order valence-electron chi connectivity index (χ3n) is 2.86. The van der Waals surface area contributed by atoms with Crippen molar-refractivity contribution in [3.8, 4) is 5.88 Å². The summed E-state index contributed by atoms with van der Waals surface area (Å²) in [6.45, 7) is 1.43. The van der Waals surface area contributed by atoms with E-state index in [1.807, 2.05) is 30.3 Å². The topological polar surface area (TPSA) is 57.4 Å². The molecule has 3 rings (SSSR count). The summed E-state index contributed by atoms with van der Waals surface area (Å²) in [4.78, 5) is 4.45. The van der Waals surface area contributed by atoms with Crippen molar-refractivity contribution in [1.82, 2.24) is 4.98 Å². The Balaban J connectivity index is 1.88. The van der Waals surface area contributed by atoms with Gasteiger partial charge in [0, 0.05) is 23.6 Å². The van der Waals surface area contributed by atoms with Crippen molar-refractivity contribution in [2.75, 3.05) is 18.9 Å². The molecule has 0 spiro atoms. The molecule has 0 radical (unpaired) electrons. The fraction of sp³-hybridized carbons (Fsp3) is 0.308. The monoisotopic (exact) mass is 230 g/mol. The standard InChI is InChI=1S/C13H14N2O2/c14-10-2-3-12-9(7-10)1-4-13(15-12)17-11-5-6-16-8-11/h1-4,7,11H,5-6,8,14H2. The first-order valence-corrected chi connectivity index (χ1v) is 5.72.